The molecule has 28 heavy (non-hydrogen) atoms. The van der Waals surface area contributed by atoms with Gasteiger partial charge in [-0.15, -0.1) is 0 Å². The topological polar surface area (TPSA) is 67.4 Å². The number of hydrogen-bond acceptors (Lipinski definition) is 3. The van der Waals surface area contributed by atoms with Crippen LogP contribution in [0.4, 0.5) is 5.69 Å². The Morgan fingerprint density at radius 3 is 2.25 bits per heavy atom. The van der Waals surface area contributed by atoms with Crippen LogP contribution in [0.1, 0.15) is 15.9 Å². The van der Waals surface area contributed by atoms with E-state index in [9.17, 15) is 9.59 Å². The van der Waals surface area contributed by atoms with Crippen molar-refractivity contribution < 1.29 is 14.3 Å². The number of nitrogens with one attached hydrogen (secondary N) is 2. The summed E-state index contributed by atoms with van der Waals surface area (Å²) in [6, 6.07) is 24.8. The van der Waals surface area contributed by atoms with Gasteiger partial charge in [-0.25, -0.2) is 0 Å². The minimum Gasteiger partial charge on any atom is -0.497 e. The lowest BCUT2D eigenvalue weighted by molar-refractivity contribution is -0.118. The molecule has 0 saturated heterocycles. The Balaban J connectivity index is 1.78. The highest BCUT2D eigenvalue weighted by Crippen LogP contribution is 2.17. The van der Waals surface area contributed by atoms with Crippen LogP contribution in [0.25, 0.3) is 0 Å². The normalized spacial score (nSPS) is 11.3. The molecule has 0 aliphatic rings. The molecule has 1 unspecified atom stereocenters. The van der Waals surface area contributed by atoms with E-state index in [1.807, 2.05) is 36.4 Å². The summed E-state index contributed by atoms with van der Waals surface area (Å²) in [5, 5.41) is 5.71. The van der Waals surface area contributed by atoms with Gasteiger partial charge in [0.1, 0.15) is 11.8 Å². The van der Waals surface area contributed by atoms with Crippen molar-refractivity contribution in [3.05, 3.63) is 96.1 Å². The fraction of sp³-hybridized carbons (Fsp3) is 0.130. The van der Waals surface area contributed by atoms with E-state index < -0.39 is 6.04 Å². The minimum absolute atomic E-state index is 0.290. The second kappa shape index (κ2) is 9.37. The Morgan fingerprint density at radius 1 is 0.893 bits per heavy atom. The number of hydrogen-bond donors (Lipinski definition) is 2. The van der Waals surface area contributed by atoms with Crippen molar-refractivity contribution in [3.8, 4) is 5.75 Å². The molecule has 0 spiro atoms. The molecule has 3 aromatic carbocycles. The highest BCUT2D eigenvalue weighted by molar-refractivity contribution is 6.01. The van der Waals surface area contributed by atoms with Gasteiger partial charge in [-0.05, 0) is 29.8 Å². The van der Waals surface area contributed by atoms with E-state index in [2.05, 4.69) is 10.6 Å². The SMILES string of the molecule is COc1cccc(NC(=O)C(Cc2ccccc2)NC(=O)c2ccccc2)c1. The molecule has 0 heterocycles. The minimum atomic E-state index is -0.721. The lowest BCUT2D eigenvalue weighted by Gasteiger charge is -2.19. The van der Waals surface area contributed by atoms with Crippen LogP contribution in [-0.4, -0.2) is 25.0 Å². The van der Waals surface area contributed by atoms with Crippen molar-refractivity contribution in [1.82, 2.24) is 5.32 Å². The van der Waals surface area contributed by atoms with Crippen LogP contribution in [-0.2, 0) is 11.2 Å². The first-order chi connectivity index (χ1) is 13.7. The molecule has 0 aromatic heterocycles. The third kappa shape index (κ3) is 5.20. The van der Waals surface area contributed by atoms with Crippen LogP contribution in [0, 0.1) is 0 Å². The van der Waals surface area contributed by atoms with Gasteiger partial charge in [-0.3, -0.25) is 9.59 Å². The van der Waals surface area contributed by atoms with E-state index in [-0.39, 0.29) is 11.8 Å². The van der Waals surface area contributed by atoms with E-state index in [0.717, 1.165) is 5.56 Å². The lowest BCUT2D eigenvalue weighted by Crippen LogP contribution is -2.45. The number of methoxy groups -OCH3 is 1. The third-order valence-corrected chi connectivity index (χ3v) is 4.28. The van der Waals surface area contributed by atoms with Gasteiger partial charge in [0, 0.05) is 23.7 Å². The highest BCUT2D eigenvalue weighted by Gasteiger charge is 2.22. The standard InChI is InChI=1S/C23H22N2O3/c1-28-20-14-8-13-19(16-20)24-23(27)21(15-17-9-4-2-5-10-17)25-22(26)18-11-6-3-7-12-18/h2-14,16,21H,15H2,1H3,(H,24,27)(H,25,26). The van der Waals surface area contributed by atoms with Gasteiger partial charge in [0.2, 0.25) is 5.91 Å². The Kier molecular flexibility index (Phi) is 6.41. The van der Waals surface area contributed by atoms with Crippen LogP contribution in [0.3, 0.4) is 0 Å². The summed E-state index contributed by atoms with van der Waals surface area (Å²) in [6.45, 7) is 0. The maximum absolute atomic E-state index is 12.9. The molecular weight excluding hydrogens is 352 g/mol. The van der Waals surface area contributed by atoms with Gasteiger partial charge in [-0.2, -0.15) is 0 Å². The van der Waals surface area contributed by atoms with Crippen LogP contribution in [0.15, 0.2) is 84.9 Å². The van der Waals surface area contributed by atoms with Crippen molar-refractivity contribution in [3.63, 3.8) is 0 Å². The summed E-state index contributed by atoms with van der Waals surface area (Å²) in [5.74, 6) is 0.0643. The monoisotopic (exact) mass is 374 g/mol. The Bertz CT molecular complexity index is 927. The first-order valence-electron chi connectivity index (χ1n) is 9.00. The third-order valence-electron chi connectivity index (χ3n) is 4.28. The van der Waals surface area contributed by atoms with E-state index in [0.29, 0.717) is 23.4 Å². The van der Waals surface area contributed by atoms with E-state index in [1.165, 1.54) is 0 Å². The highest BCUT2D eigenvalue weighted by atomic mass is 16.5. The van der Waals surface area contributed by atoms with Crippen molar-refractivity contribution in [2.75, 3.05) is 12.4 Å². The molecule has 3 aromatic rings. The number of carbonyl (C=O) groups is 2. The van der Waals surface area contributed by atoms with E-state index in [1.54, 1.807) is 55.6 Å². The van der Waals surface area contributed by atoms with Gasteiger partial charge >= 0.3 is 0 Å². The zero-order valence-corrected chi connectivity index (χ0v) is 15.6. The fourth-order valence-corrected chi connectivity index (χ4v) is 2.82. The maximum Gasteiger partial charge on any atom is 0.251 e. The fourth-order valence-electron chi connectivity index (χ4n) is 2.82. The quantitative estimate of drug-likeness (QED) is 0.663. The summed E-state index contributed by atoms with van der Waals surface area (Å²) < 4.78 is 5.19. The first kappa shape index (κ1) is 19.2. The molecule has 0 aliphatic heterocycles. The zero-order chi connectivity index (χ0) is 19.8. The molecule has 3 rings (SSSR count). The Morgan fingerprint density at radius 2 is 1.57 bits per heavy atom. The first-order valence-corrected chi connectivity index (χ1v) is 9.00. The van der Waals surface area contributed by atoms with Crippen LogP contribution < -0.4 is 15.4 Å². The average molecular weight is 374 g/mol. The largest absolute Gasteiger partial charge is 0.497 e. The van der Waals surface area contributed by atoms with Crippen LogP contribution >= 0.6 is 0 Å². The van der Waals surface area contributed by atoms with Crippen molar-refractivity contribution in [2.45, 2.75) is 12.5 Å². The van der Waals surface area contributed by atoms with Gasteiger partial charge in [0.25, 0.3) is 5.91 Å². The molecule has 1 atom stereocenters. The number of ether oxygens (including phenoxy) is 1. The smallest absolute Gasteiger partial charge is 0.251 e. The number of anilines is 1. The number of benzene rings is 3. The summed E-state index contributed by atoms with van der Waals surface area (Å²) in [6.07, 6.45) is 0.384. The molecule has 2 N–H and O–H groups in total. The summed E-state index contributed by atoms with van der Waals surface area (Å²) in [7, 11) is 1.57. The van der Waals surface area contributed by atoms with Crippen molar-refractivity contribution >= 4 is 17.5 Å². The van der Waals surface area contributed by atoms with Gasteiger partial charge in [0.05, 0.1) is 7.11 Å². The molecule has 5 heteroatoms. The lowest BCUT2D eigenvalue weighted by atomic mass is 10.0. The molecular formula is C23H22N2O3. The van der Waals surface area contributed by atoms with Gasteiger partial charge < -0.3 is 15.4 Å². The van der Waals surface area contributed by atoms with Crippen molar-refractivity contribution in [2.24, 2.45) is 0 Å². The molecule has 0 aliphatic carbocycles. The van der Waals surface area contributed by atoms with Crippen molar-refractivity contribution in [1.29, 1.82) is 0 Å². The second-order valence-corrected chi connectivity index (χ2v) is 6.30. The van der Waals surface area contributed by atoms with E-state index in [4.69, 9.17) is 4.74 Å². The Hall–Kier alpha value is -3.60. The molecule has 142 valence electrons. The molecule has 0 bridgehead atoms. The summed E-state index contributed by atoms with van der Waals surface area (Å²) in [4.78, 5) is 25.5. The average Bonchev–Trinajstić information content (AvgIpc) is 2.74. The summed E-state index contributed by atoms with van der Waals surface area (Å²) >= 11 is 0. The predicted molar refractivity (Wildman–Crippen MR) is 109 cm³/mol. The van der Waals surface area contributed by atoms with Crippen LogP contribution in [0.2, 0.25) is 0 Å². The maximum atomic E-state index is 12.9. The molecule has 5 nitrogen and oxygen atoms in total. The Labute approximate surface area is 164 Å². The number of rotatable bonds is 7. The number of amides is 2. The molecule has 0 saturated carbocycles. The zero-order valence-electron chi connectivity index (χ0n) is 15.6. The molecule has 2 amide bonds. The predicted octanol–water partition coefficient (Wildman–Crippen LogP) is 3.68. The van der Waals surface area contributed by atoms with E-state index >= 15 is 0 Å². The molecule has 0 radical (unpaired) electrons. The summed E-state index contributed by atoms with van der Waals surface area (Å²) in [5.41, 5.74) is 2.08. The second-order valence-electron chi connectivity index (χ2n) is 6.30. The van der Waals surface area contributed by atoms with Gasteiger partial charge in [-0.1, -0.05) is 54.6 Å². The number of carbonyl (C=O) groups excluding carboxylic acids is 2. The molecule has 0 fully saturated rings. The van der Waals surface area contributed by atoms with Gasteiger partial charge in [0.15, 0.2) is 0 Å². The van der Waals surface area contributed by atoms with Crippen LogP contribution in [0.5, 0.6) is 5.75 Å².